The maximum absolute atomic E-state index is 13.2. The van der Waals surface area contributed by atoms with Crippen LogP contribution in [0.1, 0.15) is 26.3 Å². The van der Waals surface area contributed by atoms with Crippen molar-refractivity contribution in [3.05, 3.63) is 29.6 Å². The summed E-state index contributed by atoms with van der Waals surface area (Å²) in [4.78, 5) is 13.6. The molecule has 0 aliphatic carbocycles. The first-order chi connectivity index (χ1) is 8.92. The molecule has 0 aliphatic heterocycles. The van der Waals surface area contributed by atoms with Crippen molar-refractivity contribution in [2.45, 2.75) is 33.4 Å². The molecule has 0 saturated carbocycles. The predicted octanol–water partition coefficient (Wildman–Crippen LogP) is 1.88. The van der Waals surface area contributed by atoms with Crippen LogP contribution in [-0.2, 0) is 11.3 Å². The lowest BCUT2D eigenvalue weighted by Crippen LogP contribution is -2.39. The van der Waals surface area contributed by atoms with Gasteiger partial charge in [0, 0.05) is 12.6 Å². The lowest BCUT2D eigenvalue weighted by atomic mass is 10.2. The van der Waals surface area contributed by atoms with Crippen LogP contribution in [0.5, 0.6) is 5.75 Å². The number of aromatic hydroxyl groups is 1. The monoisotopic (exact) mass is 268 g/mol. The first-order valence-electron chi connectivity index (χ1n) is 6.41. The second-order valence-corrected chi connectivity index (χ2v) is 4.81. The second-order valence-electron chi connectivity index (χ2n) is 4.81. The average Bonchev–Trinajstić information content (AvgIpc) is 2.32. The zero-order valence-electron chi connectivity index (χ0n) is 11.6. The maximum Gasteiger partial charge on any atom is 0.234 e. The van der Waals surface area contributed by atoms with Crippen LogP contribution in [0.3, 0.4) is 0 Å². The normalized spacial score (nSPS) is 11.1. The van der Waals surface area contributed by atoms with Crippen LogP contribution in [0.15, 0.2) is 18.2 Å². The van der Waals surface area contributed by atoms with Gasteiger partial charge in [0.1, 0.15) is 0 Å². The van der Waals surface area contributed by atoms with Crippen molar-refractivity contribution in [1.82, 2.24) is 10.2 Å². The molecule has 0 aromatic heterocycles. The predicted molar refractivity (Wildman–Crippen MR) is 72.3 cm³/mol. The molecule has 0 unspecified atom stereocenters. The molecule has 2 N–H and O–H groups in total. The lowest BCUT2D eigenvalue weighted by molar-refractivity contribution is -0.122. The van der Waals surface area contributed by atoms with E-state index in [1.165, 1.54) is 12.1 Å². The molecule has 0 atom stereocenters. The Balaban J connectivity index is 2.61. The fraction of sp³-hybridized carbons (Fsp3) is 0.500. The van der Waals surface area contributed by atoms with Gasteiger partial charge in [-0.2, -0.15) is 0 Å². The van der Waals surface area contributed by atoms with Crippen LogP contribution in [0.25, 0.3) is 0 Å². The van der Waals surface area contributed by atoms with Gasteiger partial charge in [0.15, 0.2) is 11.6 Å². The number of nitrogens with zero attached hydrogens (tertiary/aromatic N) is 1. The summed E-state index contributed by atoms with van der Waals surface area (Å²) < 4.78 is 13.2. The number of carbonyl (C=O) groups excluding carboxylic acids is 1. The molecule has 0 saturated heterocycles. The minimum atomic E-state index is -0.639. The Morgan fingerprint density at radius 1 is 1.47 bits per heavy atom. The fourth-order valence-electron chi connectivity index (χ4n) is 1.76. The number of hydrogen-bond donors (Lipinski definition) is 2. The Labute approximate surface area is 113 Å². The van der Waals surface area contributed by atoms with E-state index in [0.717, 1.165) is 5.56 Å². The van der Waals surface area contributed by atoms with Gasteiger partial charge in [-0.3, -0.25) is 9.69 Å². The number of carbonyl (C=O) groups is 1. The van der Waals surface area contributed by atoms with Crippen LogP contribution in [-0.4, -0.2) is 35.0 Å². The van der Waals surface area contributed by atoms with Crippen LogP contribution >= 0.6 is 0 Å². The van der Waals surface area contributed by atoms with E-state index < -0.39 is 5.82 Å². The fourth-order valence-corrected chi connectivity index (χ4v) is 1.76. The van der Waals surface area contributed by atoms with E-state index in [-0.39, 0.29) is 24.2 Å². The topological polar surface area (TPSA) is 52.6 Å². The van der Waals surface area contributed by atoms with Crippen LogP contribution in [0.4, 0.5) is 4.39 Å². The van der Waals surface area contributed by atoms with E-state index in [4.69, 9.17) is 5.11 Å². The van der Waals surface area contributed by atoms with Crippen molar-refractivity contribution in [3.8, 4) is 5.75 Å². The van der Waals surface area contributed by atoms with Crippen molar-refractivity contribution in [1.29, 1.82) is 0 Å². The SMILES string of the molecule is CCN(CC(=O)NC(C)C)Cc1ccc(O)c(F)c1. The Bertz CT molecular complexity index is 435. The summed E-state index contributed by atoms with van der Waals surface area (Å²) in [6, 6.07) is 4.38. The van der Waals surface area contributed by atoms with E-state index in [0.29, 0.717) is 13.1 Å². The molecule has 0 heterocycles. The van der Waals surface area contributed by atoms with Gasteiger partial charge in [-0.05, 0) is 38.1 Å². The molecule has 1 aromatic carbocycles. The standard InChI is InChI=1S/C14H21FN2O2/c1-4-17(9-14(19)16-10(2)3)8-11-5-6-13(18)12(15)7-11/h5-7,10,18H,4,8-9H2,1-3H3,(H,16,19). The molecular weight excluding hydrogens is 247 g/mol. The number of nitrogens with one attached hydrogen (secondary N) is 1. The highest BCUT2D eigenvalue weighted by molar-refractivity contribution is 5.78. The smallest absolute Gasteiger partial charge is 0.234 e. The third-order valence-electron chi connectivity index (χ3n) is 2.68. The van der Waals surface area contributed by atoms with E-state index in [1.807, 2.05) is 25.7 Å². The molecule has 1 rings (SSSR count). The summed E-state index contributed by atoms with van der Waals surface area (Å²) in [5.41, 5.74) is 0.731. The van der Waals surface area contributed by atoms with Gasteiger partial charge in [0.25, 0.3) is 0 Å². The summed E-state index contributed by atoms with van der Waals surface area (Å²) >= 11 is 0. The summed E-state index contributed by atoms with van der Waals surface area (Å²) in [6.07, 6.45) is 0. The lowest BCUT2D eigenvalue weighted by Gasteiger charge is -2.20. The van der Waals surface area contributed by atoms with Gasteiger partial charge in [-0.15, -0.1) is 0 Å². The van der Waals surface area contributed by atoms with Crippen molar-refractivity contribution in [3.63, 3.8) is 0 Å². The van der Waals surface area contributed by atoms with Gasteiger partial charge < -0.3 is 10.4 Å². The Kier molecular flexibility index (Phi) is 5.76. The first kappa shape index (κ1) is 15.4. The third kappa shape index (κ3) is 5.26. The van der Waals surface area contributed by atoms with Crippen molar-refractivity contribution in [2.75, 3.05) is 13.1 Å². The number of phenolic OH excluding ortho intramolecular Hbond substituents is 1. The molecule has 0 radical (unpaired) electrons. The Morgan fingerprint density at radius 2 is 2.16 bits per heavy atom. The highest BCUT2D eigenvalue weighted by Gasteiger charge is 2.11. The van der Waals surface area contributed by atoms with Crippen molar-refractivity contribution in [2.24, 2.45) is 0 Å². The molecule has 0 spiro atoms. The number of likely N-dealkylation sites (N-methyl/N-ethyl adjacent to an activating group) is 1. The molecule has 1 amide bonds. The molecular formula is C14H21FN2O2. The minimum absolute atomic E-state index is 0.0453. The average molecular weight is 268 g/mol. The molecule has 19 heavy (non-hydrogen) atoms. The zero-order valence-corrected chi connectivity index (χ0v) is 11.6. The van der Waals surface area contributed by atoms with Gasteiger partial charge in [-0.1, -0.05) is 13.0 Å². The number of rotatable bonds is 6. The maximum atomic E-state index is 13.2. The number of amides is 1. The van der Waals surface area contributed by atoms with Gasteiger partial charge in [0.2, 0.25) is 5.91 Å². The van der Waals surface area contributed by atoms with E-state index >= 15 is 0 Å². The third-order valence-corrected chi connectivity index (χ3v) is 2.68. The summed E-state index contributed by atoms with van der Waals surface area (Å²) in [5.74, 6) is -1.04. The molecule has 4 nitrogen and oxygen atoms in total. The van der Waals surface area contributed by atoms with E-state index in [1.54, 1.807) is 6.07 Å². The summed E-state index contributed by atoms with van der Waals surface area (Å²) in [5, 5.41) is 11.9. The highest BCUT2D eigenvalue weighted by atomic mass is 19.1. The molecule has 1 aromatic rings. The van der Waals surface area contributed by atoms with Gasteiger partial charge in [-0.25, -0.2) is 4.39 Å². The zero-order chi connectivity index (χ0) is 14.4. The molecule has 0 bridgehead atoms. The minimum Gasteiger partial charge on any atom is -0.505 e. The number of halogens is 1. The van der Waals surface area contributed by atoms with Crippen LogP contribution < -0.4 is 5.32 Å². The van der Waals surface area contributed by atoms with Gasteiger partial charge >= 0.3 is 0 Å². The number of benzene rings is 1. The van der Waals surface area contributed by atoms with Crippen LogP contribution in [0, 0.1) is 5.82 Å². The second kappa shape index (κ2) is 7.09. The van der Waals surface area contributed by atoms with Crippen LogP contribution in [0.2, 0.25) is 0 Å². The quantitative estimate of drug-likeness (QED) is 0.828. The molecule has 106 valence electrons. The molecule has 5 heteroatoms. The molecule has 0 fully saturated rings. The summed E-state index contributed by atoms with van der Waals surface area (Å²) in [7, 11) is 0. The first-order valence-corrected chi connectivity index (χ1v) is 6.41. The molecule has 0 aliphatic rings. The van der Waals surface area contributed by atoms with Crippen molar-refractivity contribution < 1.29 is 14.3 Å². The van der Waals surface area contributed by atoms with Crippen molar-refractivity contribution >= 4 is 5.91 Å². The van der Waals surface area contributed by atoms with E-state index in [2.05, 4.69) is 5.32 Å². The number of hydrogen-bond acceptors (Lipinski definition) is 3. The van der Waals surface area contributed by atoms with Gasteiger partial charge in [0.05, 0.1) is 6.54 Å². The Morgan fingerprint density at radius 3 is 2.68 bits per heavy atom. The summed E-state index contributed by atoms with van der Waals surface area (Å²) in [6.45, 7) is 7.19. The highest BCUT2D eigenvalue weighted by Crippen LogP contribution is 2.17. The van der Waals surface area contributed by atoms with E-state index in [9.17, 15) is 9.18 Å². The Hall–Kier alpha value is -1.62. The number of phenols is 1. The largest absolute Gasteiger partial charge is 0.505 e.